The SMILES string of the molecule is CNC(=O)N(C)c1ccc(OC)c(OC)c1. The lowest BCUT2D eigenvalue weighted by Gasteiger charge is -2.18. The van der Waals surface area contributed by atoms with Gasteiger partial charge in [0.1, 0.15) is 0 Å². The summed E-state index contributed by atoms with van der Waals surface area (Å²) in [7, 11) is 6.39. The van der Waals surface area contributed by atoms with Gasteiger partial charge in [-0.15, -0.1) is 0 Å². The molecule has 0 aliphatic rings. The van der Waals surface area contributed by atoms with Crippen LogP contribution in [-0.4, -0.2) is 34.3 Å². The second kappa shape index (κ2) is 5.25. The Morgan fingerprint density at radius 1 is 1.25 bits per heavy atom. The Balaban J connectivity index is 3.03. The van der Waals surface area contributed by atoms with Crippen LogP contribution in [0.15, 0.2) is 18.2 Å². The van der Waals surface area contributed by atoms with Gasteiger partial charge in [-0.3, -0.25) is 4.90 Å². The minimum absolute atomic E-state index is 0.188. The molecule has 1 aromatic carbocycles. The molecule has 16 heavy (non-hydrogen) atoms. The quantitative estimate of drug-likeness (QED) is 0.846. The van der Waals surface area contributed by atoms with Gasteiger partial charge in [-0.25, -0.2) is 4.79 Å². The first-order chi connectivity index (χ1) is 7.63. The number of nitrogens with zero attached hydrogens (tertiary/aromatic N) is 1. The zero-order valence-corrected chi connectivity index (χ0v) is 9.90. The van der Waals surface area contributed by atoms with E-state index in [1.165, 1.54) is 4.90 Å². The maximum absolute atomic E-state index is 11.4. The molecule has 0 unspecified atom stereocenters. The number of benzene rings is 1. The van der Waals surface area contributed by atoms with Gasteiger partial charge in [-0.05, 0) is 12.1 Å². The van der Waals surface area contributed by atoms with E-state index in [0.29, 0.717) is 11.5 Å². The zero-order valence-electron chi connectivity index (χ0n) is 9.90. The third kappa shape index (κ3) is 2.36. The molecular weight excluding hydrogens is 208 g/mol. The molecule has 0 atom stereocenters. The van der Waals surface area contributed by atoms with Crippen molar-refractivity contribution in [2.45, 2.75) is 0 Å². The zero-order chi connectivity index (χ0) is 12.1. The fourth-order valence-corrected chi connectivity index (χ4v) is 1.32. The number of anilines is 1. The topological polar surface area (TPSA) is 50.8 Å². The summed E-state index contributed by atoms with van der Waals surface area (Å²) in [6.07, 6.45) is 0. The molecule has 0 saturated heterocycles. The van der Waals surface area contributed by atoms with Crippen molar-refractivity contribution in [1.29, 1.82) is 0 Å². The van der Waals surface area contributed by atoms with Crippen molar-refractivity contribution in [1.82, 2.24) is 5.32 Å². The third-order valence-corrected chi connectivity index (χ3v) is 2.27. The Morgan fingerprint density at radius 3 is 2.38 bits per heavy atom. The average molecular weight is 224 g/mol. The smallest absolute Gasteiger partial charge is 0.321 e. The number of hydrogen-bond acceptors (Lipinski definition) is 3. The second-order valence-electron chi connectivity index (χ2n) is 3.15. The molecule has 2 amide bonds. The molecule has 88 valence electrons. The van der Waals surface area contributed by atoms with Crippen LogP contribution in [0.2, 0.25) is 0 Å². The number of rotatable bonds is 3. The molecule has 0 spiro atoms. The molecule has 0 bridgehead atoms. The lowest BCUT2D eigenvalue weighted by Crippen LogP contribution is -2.34. The van der Waals surface area contributed by atoms with Gasteiger partial charge in [0.05, 0.1) is 14.2 Å². The molecule has 1 rings (SSSR count). The van der Waals surface area contributed by atoms with Crippen molar-refractivity contribution in [2.75, 3.05) is 33.2 Å². The van der Waals surface area contributed by atoms with E-state index in [-0.39, 0.29) is 6.03 Å². The number of hydrogen-bond donors (Lipinski definition) is 1. The fourth-order valence-electron chi connectivity index (χ4n) is 1.32. The van der Waals surface area contributed by atoms with Crippen molar-refractivity contribution in [2.24, 2.45) is 0 Å². The van der Waals surface area contributed by atoms with Crippen molar-refractivity contribution < 1.29 is 14.3 Å². The monoisotopic (exact) mass is 224 g/mol. The van der Waals surface area contributed by atoms with Crippen LogP contribution in [0.5, 0.6) is 11.5 Å². The Kier molecular flexibility index (Phi) is 3.99. The predicted molar refractivity (Wildman–Crippen MR) is 62.4 cm³/mol. The number of methoxy groups -OCH3 is 2. The standard InChI is InChI=1S/C11H16N2O3/c1-12-11(14)13(2)8-5-6-9(15-3)10(7-8)16-4/h5-7H,1-4H3,(H,12,14). The molecule has 0 saturated carbocycles. The lowest BCUT2D eigenvalue weighted by molar-refractivity contribution is 0.249. The van der Waals surface area contributed by atoms with Gasteiger partial charge >= 0.3 is 6.03 Å². The molecule has 0 heterocycles. The summed E-state index contributed by atoms with van der Waals surface area (Å²) >= 11 is 0. The van der Waals surface area contributed by atoms with Gasteiger partial charge in [0.25, 0.3) is 0 Å². The van der Waals surface area contributed by atoms with Crippen LogP contribution >= 0.6 is 0 Å². The summed E-state index contributed by atoms with van der Waals surface area (Å²) in [5.41, 5.74) is 0.733. The molecule has 0 aliphatic heterocycles. The van der Waals surface area contributed by atoms with E-state index < -0.39 is 0 Å². The van der Waals surface area contributed by atoms with E-state index >= 15 is 0 Å². The second-order valence-corrected chi connectivity index (χ2v) is 3.15. The highest BCUT2D eigenvalue weighted by atomic mass is 16.5. The van der Waals surface area contributed by atoms with E-state index in [4.69, 9.17) is 9.47 Å². The Bertz CT molecular complexity index is 379. The van der Waals surface area contributed by atoms with Gasteiger partial charge < -0.3 is 14.8 Å². The number of amides is 2. The summed E-state index contributed by atoms with van der Waals surface area (Å²) in [6.45, 7) is 0. The molecule has 1 aromatic rings. The molecule has 5 heteroatoms. The number of carbonyl (C=O) groups is 1. The molecule has 5 nitrogen and oxygen atoms in total. The maximum atomic E-state index is 11.4. The summed E-state index contributed by atoms with van der Waals surface area (Å²) in [4.78, 5) is 12.9. The van der Waals surface area contributed by atoms with Crippen molar-refractivity contribution >= 4 is 11.7 Å². The predicted octanol–water partition coefficient (Wildman–Crippen LogP) is 1.48. The van der Waals surface area contributed by atoms with Gasteiger partial charge in [0.2, 0.25) is 0 Å². The van der Waals surface area contributed by atoms with Gasteiger partial charge in [-0.2, -0.15) is 0 Å². The first-order valence-electron chi connectivity index (χ1n) is 4.81. The number of ether oxygens (including phenoxy) is 2. The first kappa shape index (κ1) is 12.2. The molecular formula is C11H16N2O3. The Labute approximate surface area is 95.0 Å². The average Bonchev–Trinajstić information content (AvgIpc) is 2.35. The highest BCUT2D eigenvalue weighted by molar-refractivity contribution is 5.91. The van der Waals surface area contributed by atoms with Crippen molar-refractivity contribution in [3.63, 3.8) is 0 Å². The Morgan fingerprint density at radius 2 is 1.88 bits per heavy atom. The van der Waals surface area contributed by atoms with Crippen LogP contribution in [0.4, 0.5) is 10.5 Å². The van der Waals surface area contributed by atoms with Crippen LogP contribution in [0.25, 0.3) is 0 Å². The number of nitrogens with one attached hydrogen (secondary N) is 1. The van der Waals surface area contributed by atoms with Gasteiger partial charge in [0.15, 0.2) is 11.5 Å². The van der Waals surface area contributed by atoms with Gasteiger partial charge in [-0.1, -0.05) is 0 Å². The van der Waals surface area contributed by atoms with Crippen molar-refractivity contribution in [3.05, 3.63) is 18.2 Å². The molecule has 0 aliphatic carbocycles. The number of urea groups is 1. The van der Waals surface area contributed by atoms with Crippen molar-refractivity contribution in [3.8, 4) is 11.5 Å². The van der Waals surface area contributed by atoms with Crippen LogP contribution in [0.3, 0.4) is 0 Å². The van der Waals surface area contributed by atoms with Crippen LogP contribution < -0.4 is 19.7 Å². The minimum Gasteiger partial charge on any atom is -0.493 e. The maximum Gasteiger partial charge on any atom is 0.321 e. The molecule has 0 radical (unpaired) electrons. The summed E-state index contributed by atoms with van der Waals surface area (Å²) in [5, 5.41) is 2.54. The summed E-state index contributed by atoms with van der Waals surface area (Å²) < 4.78 is 10.3. The molecule has 1 N–H and O–H groups in total. The van der Waals surface area contributed by atoms with E-state index in [2.05, 4.69) is 5.32 Å². The fraction of sp³-hybridized carbons (Fsp3) is 0.364. The molecule has 0 fully saturated rings. The summed E-state index contributed by atoms with van der Waals surface area (Å²) in [6, 6.07) is 5.10. The van der Waals surface area contributed by atoms with E-state index in [1.54, 1.807) is 46.5 Å². The highest BCUT2D eigenvalue weighted by Crippen LogP contribution is 2.30. The molecule has 0 aromatic heterocycles. The van der Waals surface area contributed by atoms with E-state index in [1.807, 2.05) is 0 Å². The highest BCUT2D eigenvalue weighted by Gasteiger charge is 2.11. The third-order valence-electron chi connectivity index (χ3n) is 2.27. The lowest BCUT2D eigenvalue weighted by atomic mass is 10.2. The Hall–Kier alpha value is -1.91. The normalized spacial score (nSPS) is 9.50. The van der Waals surface area contributed by atoms with E-state index in [9.17, 15) is 4.79 Å². The van der Waals surface area contributed by atoms with Gasteiger partial charge in [0, 0.05) is 25.8 Å². The number of carbonyl (C=O) groups excluding carboxylic acids is 1. The first-order valence-corrected chi connectivity index (χ1v) is 4.81. The largest absolute Gasteiger partial charge is 0.493 e. The van der Waals surface area contributed by atoms with Crippen LogP contribution in [0, 0.1) is 0 Å². The van der Waals surface area contributed by atoms with Crippen LogP contribution in [-0.2, 0) is 0 Å². The van der Waals surface area contributed by atoms with Crippen LogP contribution in [0.1, 0.15) is 0 Å². The minimum atomic E-state index is -0.188. The van der Waals surface area contributed by atoms with E-state index in [0.717, 1.165) is 5.69 Å². The summed E-state index contributed by atoms with van der Waals surface area (Å²) in [5.74, 6) is 1.23.